The Morgan fingerprint density at radius 3 is 2.35 bits per heavy atom. The third-order valence-corrected chi connectivity index (χ3v) is 2.96. The molecule has 1 rings (SSSR count). The van der Waals surface area contributed by atoms with Gasteiger partial charge in [-0.25, -0.2) is 0 Å². The van der Waals surface area contributed by atoms with Gasteiger partial charge in [0.25, 0.3) is 0 Å². The zero-order valence-corrected chi connectivity index (χ0v) is 12.8. The number of rotatable bonds is 12. The molecule has 1 aromatic heterocycles. The summed E-state index contributed by atoms with van der Waals surface area (Å²) in [6, 6.07) is 0. The van der Waals surface area contributed by atoms with Gasteiger partial charge in [-0.1, -0.05) is 13.8 Å². The van der Waals surface area contributed by atoms with Crippen LogP contribution in [0.1, 0.15) is 25.2 Å². The zero-order chi connectivity index (χ0) is 14.6. The molecule has 0 aromatic carbocycles. The van der Waals surface area contributed by atoms with Crippen LogP contribution in [-0.4, -0.2) is 56.9 Å². The van der Waals surface area contributed by atoms with Gasteiger partial charge in [0.15, 0.2) is 0 Å². The van der Waals surface area contributed by atoms with Crippen molar-refractivity contribution in [2.45, 2.75) is 26.7 Å². The van der Waals surface area contributed by atoms with Crippen molar-refractivity contribution in [2.75, 3.05) is 52.0 Å². The quantitative estimate of drug-likeness (QED) is 0.571. The van der Waals surface area contributed by atoms with Crippen LogP contribution in [0, 0.1) is 0 Å². The molecule has 0 amide bonds. The Labute approximate surface area is 121 Å². The summed E-state index contributed by atoms with van der Waals surface area (Å²) in [5.41, 5.74) is 3.38. The Morgan fingerprint density at radius 1 is 1.00 bits per heavy atom. The van der Waals surface area contributed by atoms with E-state index in [4.69, 9.17) is 14.2 Å². The van der Waals surface area contributed by atoms with Gasteiger partial charge in [0.05, 0.1) is 50.1 Å². The van der Waals surface area contributed by atoms with Gasteiger partial charge in [-0.3, -0.25) is 5.10 Å². The molecule has 2 N–H and O–H groups in total. The van der Waals surface area contributed by atoms with Gasteiger partial charge in [0.2, 0.25) is 0 Å². The summed E-state index contributed by atoms with van der Waals surface area (Å²) >= 11 is 0. The molecule has 20 heavy (non-hydrogen) atoms. The van der Waals surface area contributed by atoms with Crippen LogP contribution in [0.15, 0.2) is 0 Å². The standard InChI is InChI=1S/C14H27N3O3/c1-4-12-14(13(5-2)17-16-12)15-6-7-19-10-11-20-9-8-18-3/h15H,4-11H2,1-3H3,(H,16,17). The number of hydrogen-bond donors (Lipinski definition) is 2. The molecule has 0 aliphatic heterocycles. The number of hydrogen-bond acceptors (Lipinski definition) is 5. The van der Waals surface area contributed by atoms with Crippen molar-refractivity contribution in [1.29, 1.82) is 0 Å². The van der Waals surface area contributed by atoms with Crippen molar-refractivity contribution in [3.05, 3.63) is 11.4 Å². The van der Waals surface area contributed by atoms with E-state index in [0.717, 1.165) is 36.5 Å². The Hall–Kier alpha value is -1.11. The number of aromatic amines is 1. The number of aromatic nitrogens is 2. The van der Waals surface area contributed by atoms with E-state index in [9.17, 15) is 0 Å². The minimum absolute atomic E-state index is 0.607. The van der Waals surface area contributed by atoms with Crippen LogP contribution in [0.2, 0.25) is 0 Å². The van der Waals surface area contributed by atoms with Gasteiger partial charge in [-0.05, 0) is 12.8 Å². The van der Waals surface area contributed by atoms with E-state index in [0.29, 0.717) is 33.0 Å². The van der Waals surface area contributed by atoms with E-state index in [1.165, 1.54) is 0 Å². The third-order valence-electron chi connectivity index (χ3n) is 2.96. The van der Waals surface area contributed by atoms with E-state index in [-0.39, 0.29) is 0 Å². The summed E-state index contributed by atoms with van der Waals surface area (Å²) in [6.07, 6.45) is 1.87. The van der Waals surface area contributed by atoms with Crippen molar-refractivity contribution in [2.24, 2.45) is 0 Å². The number of anilines is 1. The van der Waals surface area contributed by atoms with Gasteiger partial charge < -0.3 is 19.5 Å². The molecule has 0 fully saturated rings. The van der Waals surface area contributed by atoms with E-state index in [2.05, 4.69) is 29.4 Å². The molecule has 0 unspecified atom stereocenters. The van der Waals surface area contributed by atoms with Crippen LogP contribution < -0.4 is 5.32 Å². The van der Waals surface area contributed by atoms with Crippen LogP contribution in [0.4, 0.5) is 5.69 Å². The smallest absolute Gasteiger partial charge is 0.0853 e. The minimum atomic E-state index is 0.607. The van der Waals surface area contributed by atoms with Gasteiger partial charge in [0, 0.05) is 13.7 Å². The summed E-state index contributed by atoms with van der Waals surface area (Å²) in [7, 11) is 1.66. The first kappa shape index (κ1) is 16.9. The molecular weight excluding hydrogens is 258 g/mol. The van der Waals surface area contributed by atoms with Crippen LogP contribution in [0.25, 0.3) is 0 Å². The van der Waals surface area contributed by atoms with Gasteiger partial charge in [-0.2, -0.15) is 5.10 Å². The fraction of sp³-hybridized carbons (Fsp3) is 0.786. The number of ether oxygens (including phenoxy) is 3. The summed E-state index contributed by atoms with van der Waals surface area (Å²) in [4.78, 5) is 0. The first-order valence-corrected chi connectivity index (χ1v) is 7.27. The first-order chi connectivity index (χ1) is 9.83. The summed E-state index contributed by atoms with van der Waals surface area (Å²) in [5.74, 6) is 0. The number of H-pyrrole nitrogens is 1. The highest BCUT2D eigenvalue weighted by Gasteiger charge is 2.09. The molecule has 6 nitrogen and oxygen atoms in total. The average Bonchev–Trinajstić information content (AvgIpc) is 2.87. The lowest BCUT2D eigenvalue weighted by atomic mass is 10.2. The topological polar surface area (TPSA) is 68.4 Å². The molecule has 6 heteroatoms. The molecule has 116 valence electrons. The van der Waals surface area contributed by atoms with Gasteiger partial charge in [-0.15, -0.1) is 0 Å². The molecule has 0 spiro atoms. The van der Waals surface area contributed by atoms with Crippen molar-refractivity contribution < 1.29 is 14.2 Å². The molecule has 0 aliphatic rings. The second kappa shape index (κ2) is 10.7. The summed E-state index contributed by atoms with van der Waals surface area (Å²) in [5, 5.41) is 10.8. The predicted octanol–water partition coefficient (Wildman–Crippen LogP) is 1.63. The molecule has 0 saturated carbocycles. The Kier molecular flexibility index (Phi) is 9.02. The second-order valence-electron chi connectivity index (χ2n) is 4.38. The molecule has 0 atom stereocenters. The maximum absolute atomic E-state index is 5.50. The molecule has 1 aromatic rings. The van der Waals surface area contributed by atoms with Crippen LogP contribution in [-0.2, 0) is 27.1 Å². The molecule has 0 bridgehead atoms. The highest BCUT2D eigenvalue weighted by atomic mass is 16.5. The Bertz CT molecular complexity index is 334. The number of nitrogens with zero attached hydrogens (tertiary/aromatic N) is 1. The van der Waals surface area contributed by atoms with Crippen LogP contribution in [0.5, 0.6) is 0 Å². The molecular formula is C14H27N3O3. The Balaban J connectivity index is 2.10. The fourth-order valence-electron chi connectivity index (χ4n) is 1.85. The number of methoxy groups -OCH3 is 1. The highest BCUT2D eigenvalue weighted by Crippen LogP contribution is 2.18. The molecule has 1 heterocycles. The lowest BCUT2D eigenvalue weighted by Crippen LogP contribution is -2.14. The summed E-state index contributed by atoms with van der Waals surface area (Å²) < 4.78 is 15.7. The number of aryl methyl sites for hydroxylation is 2. The summed E-state index contributed by atoms with van der Waals surface area (Å²) in [6.45, 7) is 8.12. The van der Waals surface area contributed by atoms with E-state index in [1.807, 2.05) is 0 Å². The van der Waals surface area contributed by atoms with Crippen LogP contribution in [0.3, 0.4) is 0 Å². The van der Waals surface area contributed by atoms with Crippen molar-refractivity contribution in [3.8, 4) is 0 Å². The van der Waals surface area contributed by atoms with Gasteiger partial charge in [0.1, 0.15) is 0 Å². The fourth-order valence-corrected chi connectivity index (χ4v) is 1.85. The monoisotopic (exact) mass is 285 g/mol. The first-order valence-electron chi connectivity index (χ1n) is 7.27. The molecule has 0 radical (unpaired) electrons. The van der Waals surface area contributed by atoms with Crippen molar-refractivity contribution in [1.82, 2.24) is 10.2 Å². The maximum atomic E-state index is 5.50. The zero-order valence-electron chi connectivity index (χ0n) is 12.8. The lowest BCUT2D eigenvalue weighted by Gasteiger charge is -2.09. The number of nitrogens with one attached hydrogen (secondary N) is 2. The van der Waals surface area contributed by atoms with E-state index in [1.54, 1.807) is 7.11 Å². The minimum Gasteiger partial charge on any atom is -0.382 e. The SMILES string of the molecule is CCc1n[nH]c(CC)c1NCCOCCOCCOC. The largest absolute Gasteiger partial charge is 0.382 e. The van der Waals surface area contributed by atoms with E-state index >= 15 is 0 Å². The predicted molar refractivity (Wildman–Crippen MR) is 79.3 cm³/mol. The average molecular weight is 285 g/mol. The van der Waals surface area contributed by atoms with Crippen molar-refractivity contribution >= 4 is 5.69 Å². The van der Waals surface area contributed by atoms with Crippen molar-refractivity contribution in [3.63, 3.8) is 0 Å². The second-order valence-corrected chi connectivity index (χ2v) is 4.38. The Morgan fingerprint density at radius 2 is 1.70 bits per heavy atom. The van der Waals surface area contributed by atoms with Gasteiger partial charge >= 0.3 is 0 Å². The lowest BCUT2D eigenvalue weighted by molar-refractivity contribution is 0.0272. The van der Waals surface area contributed by atoms with E-state index < -0.39 is 0 Å². The highest BCUT2D eigenvalue weighted by molar-refractivity contribution is 5.52. The normalized spacial score (nSPS) is 10.9. The molecule has 0 aliphatic carbocycles. The van der Waals surface area contributed by atoms with Crippen LogP contribution >= 0.6 is 0 Å². The maximum Gasteiger partial charge on any atom is 0.0853 e. The third kappa shape index (κ3) is 5.90. The molecule has 0 saturated heterocycles.